The first-order chi connectivity index (χ1) is 11.6. The van der Waals surface area contributed by atoms with Crippen LogP contribution in [-0.4, -0.2) is 31.3 Å². The third-order valence-corrected chi connectivity index (χ3v) is 5.07. The van der Waals surface area contributed by atoms with Crippen molar-refractivity contribution in [2.75, 3.05) is 6.54 Å². The lowest BCUT2D eigenvalue weighted by Crippen LogP contribution is -2.29. The van der Waals surface area contributed by atoms with Gasteiger partial charge in [0.1, 0.15) is 17.8 Å². The van der Waals surface area contributed by atoms with Crippen LogP contribution >= 0.6 is 11.3 Å². The maximum Gasteiger partial charge on any atom is 0.146 e. The van der Waals surface area contributed by atoms with Crippen LogP contribution in [0.15, 0.2) is 47.8 Å². The third-order valence-electron chi connectivity index (χ3n) is 4.10. The summed E-state index contributed by atoms with van der Waals surface area (Å²) in [5.41, 5.74) is 1.22. The molecule has 1 atom stereocenters. The molecule has 0 amide bonds. The number of aliphatic hydroxyl groups is 1. The minimum atomic E-state index is -0.497. The van der Waals surface area contributed by atoms with Gasteiger partial charge in [-0.25, -0.2) is 0 Å². The van der Waals surface area contributed by atoms with E-state index in [2.05, 4.69) is 27.2 Å². The predicted molar refractivity (Wildman–Crippen MR) is 95.6 cm³/mol. The maximum absolute atomic E-state index is 10.5. The topological polar surface area (TPSA) is 54.2 Å². The first-order valence-electron chi connectivity index (χ1n) is 7.96. The van der Waals surface area contributed by atoms with Crippen LogP contribution in [0.2, 0.25) is 0 Å². The zero-order valence-electron chi connectivity index (χ0n) is 14.0. The van der Waals surface area contributed by atoms with Gasteiger partial charge in [-0.2, -0.15) is 0 Å². The van der Waals surface area contributed by atoms with Crippen molar-refractivity contribution in [2.24, 2.45) is 7.05 Å². The lowest BCUT2D eigenvalue weighted by Gasteiger charge is -2.24. The zero-order valence-corrected chi connectivity index (χ0v) is 14.8. The van der Waals surface area contributed by atoms with Crippen LogP contribution in [0.5, 0.6) is 0 Å². The smallest absolute Gasteiger partial charge is 0.146 e. The van der Waals surface area contributed by atoms with Gasteiger partial charge in [0.15, 0.2) is 0 Å². The molecule has 3 rings (SSSR count). The number of hydrogen-bond donors (Lipinski definition) is 1. The Labute approximate surface area is 146 Å². The van der Waals surface area contributed by atoms with Crippen molar-refractivity contribution in [3.8, 4) is 0 Å². The number of rotatable bonds is 7. The van der Waals surface area contributed by atoms with E-state index in [4.69, 9.17) is 0 Å². The summed E-state index contributed by atoms with van der Waals surface area (Å²) in [6, 6.07) is 14.2. The van der Waals surface area contributed by atoms with Crippen molar-refractivity contribution in [3.05, 3.63) is 69.9 Å². The second-order valence-electron chi connectivity index (χ2n) is 5.91. The Kier molecular flexibility index (Phi) is 5.40. The largest absolute Gasteiger partial charge is 0.386 e. The standard InChI is InChI=1S/C18H22N4OS/c1-14-19-20-18(21(14)2)13-22(11-15-7-4-3-5-8-15)12-16(23)17-9-6-10-24-17/h3-10,16,23H,11-13H2,1-2H3/t16-/m1/s1. The van der Waals surface area contributed by atoms with Crippen LogP contribution in [0, 0.1) is 6.92 Å². The average molecular weight is 342 g/mol. The summed E-state index contributed by atoms with van der Waals surface area (Å²) >= 11 is 1.58. The molecular formula is C18H22N4OS. The van der Waals surface area contributed by atoms with Crippen molar-refractivity contribution < 1.29 is 5.11 Å². The van der Waals surface area contributed by atoms with Crippen LogP contribution in [0.25, 0.3) is 0 Å². The molecule has 1 N–H and O–H groups in total. The summed E-state index contributed by atoms with van der Waals surface area (Å²) in [5.74, 6) is 1.80. The normalized spacial score (nSPS) is 12.7. The van der Waals surface area contributed by atoms with E-state index in [0.29, 0.717) is 13.1 Å². The van der Waals surface area contributed by atoms with Gasteiger partial charge in [-0.1, -0.05) is 36.4 Å². The molecule has 2 aromatic heterocycles. The molecule has 24 heavy (non-hydrogen) atoms. The first-order valence-corrected chi connectivity index (χ1v) is 8.84. The molecule has 6 heteroatoms. The fourth-order valence-electron chi connectivity index (χ4n) is 2.63. The number of thiophene rings is 1. The SMILES string of the molecule is Cc1nnc(CN(Cc2ccccc2)C[C@@H](O)c2cccs2)n1C. The second kappa shape index (κ2) is 7.70. The molecule has 0 radical (unpaired) electrons. The Bertz CT molecular complexity index is 755. The van der Waals surface area contributed by atoms with Crippen molar-refractivity contribution in [3.63, 3.8) is 0 Å². The van der Waals surface area contributed by atoms with Crippen molar-refractivity contribution in [1.82, 2.24) is 19.7 Å². The van der Waals surface area contributed by atoms with Crippen LogP contribution in [0.4, 0.5) is 0 Å². The van der Waals surface area contributed by atoms with E-state index in [1.807, 2.05) is 54.3 Å². The molecule has 0 aliphatic heterocycles. The number of aryl methyl sites for hydroxylation is 1. The summed E-state index contributed by atoms with van der Waals surface area (Å²) in [5, 5.41) is 20.9. The Balaban J connectivity index is 1.76. The molecule has 0 aliphatic carbocycles. The molecular weight excluding hydrogens is 320 g/mol. The van der Waals surface area contributed by atoms with Gasteiger partial charge in [0.05, 0.1) is 6.54 Å². The molecule has 0 aliphatic rings. The van der Waals surface area contributed by atoms with Gasteiger partial charge < -0.3 is 9.67 Å². The van der Waals surface area contributed by atoms with E-state index in [-0.39, 0.29) is 0 Å². The number of aliphatic hydroxyl groups excluding tert-OH is 1. The molecule has 126 valence electrons. The molecule has 1 aromatic carbocycles. The van der Waals surface area contributed by atoms with E-state index < -0.39 is 6.10 Å². The molecule has 3 aromatic rings. The summed E-state index contributed by atoms with van der Waals surface area (Å²) < 4.78 is 2.00. The fraction of sp³-hybridized carbons (Fsp3) is 0.333. The van der Waals surface area contributed by atoms with Gasteiger partial charge in [-0.05, 0) is 23.9 Å². The Morgan fingerprint density at radius 2 is 1.92 bits per heavy atom. The lowest BCUT2D eigenvalue weighted by atomic mass is 10.2. The maximum atomic E-state index is 10.5. The highest BCUT2D eigenvalue weighted by molar-refractivity contribution is 7.10. The lowest BCUT2D eigenvalue weighted by molar-refractivity contribution is 0.105. The van der Waals surface area contributed by atoms with Gasteiger partial charge in [-0.3, -0.25) is 4.90 Å². The predicted octanol–water partition coefficient (Wildman–Crippen LogP) is 2.92. The molecule has 5 nitrogen and oxygen atoms in total. The highest BCUT2D eigenvalue weighted by Gasteiger charge is 2.17. The summed E-state index contributed by atoms with van der Waals surface area (Å²) in [7, 11) is 1.97. The van der Waals surface area contributed by atoms with Crippen LogP contribution in [0.1, 0.15) is 28.2 Å². The van der Waals surface area contributed by atoms with E-state index in [9.17, 15) is 5.11 Å². The van der Waals surface area contributed by atoms with E-state index in [1.54, 1.807) is 11.3 Å². The quantitative estimate of drug-likeness (QED) is 0.717. The summed E-state index contributed by atoms with van der Waals surface area (Å²) in [4.78, 5) is 3.20. The molecule has 0 saturated carbocycles. The van der Waals surface area contributed by atoms with Crippen LogP contribution < -0.4 is 0 Å². The Hall–Kier alpha value is -2.02. The molecule has 0 saturated heterocycles. The molecule has 2 heterocycles. The average Bonchev–Trinajstić information content (AvgIpc) is 3.22. The summed E-state index contributed by atoms with van der Waals surface area (Å²) in [6.45, 7) is 3.91. The van der Waals surface area contributed by atoms with Crippen molar-refractivity contribution in [2.45, 2.75) is 26.1 Å². The molecule has 0 fully saturated rings. The molecule has 0 unspecified atom stereocenters. The fourth-order valence-corrected chi connectivity index (χ4v) is 3.33. The highest BCUT2D eigenvalue weighted by Crippen LogP contribution is 2.21. The number of aromatic nitrogens is 3. The van der Waals surface area contributed by atoms with Crippen LogP contribution in [-0.2, 0) is 20.1 Å². The minimum Gasteiger partial charge on any atom is -0.386 e. The molecule has 0 spiro atoms. The van der Waals surface area contributed by atoms with Gasteiger partial charge in [0.2, 0.25) is 0 Å². The van der Waals surface area contributed by atoms with Crippen molar-refractivity contribution >= 4 is 11.3 Å². The van der Waals surface area contributed by atoms with Gasteiger partial charge in [0, 0.05) is 25.0 Å². The first kappa shape index (κ1) is 16.8. The van der Waals surface area contributed by atoms with Crippen molar-refractivity contribution in [1.29, 1.82) is 0 Å². The summed E-state index contributed by atoms with van der Waals surface area (Å²) in [6.07, 6.45) is -0.497. The Morgan fingerprint density at radius 1 is 1.12 bits per heavy atom. The van der Waals surface area contributed by atoms with E-state index in [0.717, 1.165) is 23.1 Å². The van der Waals surface area contributed by atoms with Crippen LogP contribution in [0.3, 0.4) is 0 Å². The van der Waals surface area contributed by atoms with E-state index in [1.165, 1.54) is 5.56 Å². The monoisotopic (exact) mass is 342 g/mol. The third kappa shape index (κ3) is 4.08. The zero-order chi connectivity index (χ0) is 16.9. The number of nitrogens with zero attached hydrogens (tertiary/aromatic N) is 4. The number of benzene rings is 1. The Morgan fingerprint density at radius 3 is 2.54 bits per heavy atom. The second-order valence-corrected chi connectivity index (χ2v) is 6.89. The molecule has 0 bridgehead atoms. The van der Waals surface area contributed by atoms with Gasteiger partial charge >= 0.3 is 0 Å². The highest BCUT2D eigenvalue weighted by atomic mass is 32.1. The number of hydrogen-bond acceptors (Lipinski definition) is 5. The van der Waals surface area contributed by atoms with Gasteiger partial charge in [-0.15, -0.1) is 21.5 Å². The van der Waals surface area contributed by atoms with Gasteiger partial charge in [0.25, 0.3) is 0 Å². The minimum absolute atomic E-state index is 0.497. The van der Waals surface area contributed by atoms with E-state index >= 15 is 0 Å².